The van der Waals surface area contributed by atoms with Gasteiger partial charge in [0.25, 0.3) is 0 Å². The lowest BCUT2D eigenvalue weighted by Gasteiger charge is -2.08. The van der Waals surface area contributed by atoms with Crippen molar-refractivity contribution in [2.45, 2.75) is 6.92 Å². The van der Waals surface area contributed by atoms with Gasteiger partial charge in [-0.05, 0) is 25.1 Å². The summed E-state index contributed by atoms with van der Waals surface area (Å²) in [4.78, 5) is 12.4. The first-order valence-electron chi connectivity index (χ1n) is 7.53. The van der Waals surface area contributed by atoms with E-state index in [1.165, 1.54) is 0 Å². The third-order valence-corrected chi connectivity index (χ3v) is 4.22. The molecule has 0 aliphatic rings. The number of nitrogens with zero attached hydrogens (tertiary/aromatic N) is 3. The van der Waals surface area contributed by atoms with Crippen LogP contribution in [-0.4, -0.2) is 19.9 Å². The molecular formula is C17H13N5O2S. The number of fused-ring (bicyclic) bond motifs is 1. The molecule has 0 fully saturated rings. The normalized spacial score (nSPS) is 10.8. The number of carbonyl (C=O) groups excluding carboxylic acids is 1. The minimum absolute atomic E-state index is 0.383. The summed E-state index contributed by atoms with van der Waals surface area (Å²) in [6.07, 6.45) is 0. The van der Waals surface area contributed by atoms with E-state index in [1.54, 1.807) is 19.1 Å². The second-order valence-corrected chi connectivity index (χ2v) is 5.90. The van der Waals surface area contributed by atoms with Crippen LogP contribution in [0.5, 0.6) is 0 Å². The Labute approximate surface area is 147 Å². The van der Waals surface area contributed by atoms with Crippen LogP contribution in [0.1, 0.15) is 5.76 Å². The van der Waals surface area contributed by atoms with Gasteiger partial charge in [0.05, 0.1) is 11.7 Å². The molecule has 2 heterocycles. The number of anilines is 2. The van der Waals surface area contributed by atoms with Crippen molar-refractivity contribution >= 4 is 40.2 Å². The molecule has 7 nitrogen and oxygen atoms in total. The first-order valence-corrected chi connectivity index (χ1v) is 8.26. The zero-order chi connectivity index (χ0) is 17.2. The molecule has 0 radical (unpaired) electrons. The molecule has 0 saturated heterocycles. The van der Waals surface area contributed by atoms with Crippen LogP contribution >= 0.6 is 11.7 Å². The summed E-state index contributed by atoms with van der Waals surface area (Å²) in [7, 11) is 0. The highest BCUT2D eigenvalue weighted by Gasteiger charge is 2.17. The lowest BCUT2D eigenvalue weighted by atomic mass is 10.1. The highest BCUT2D eigenvalue weighted by Crippen LogP contribution is 2.30. The topological polar surface area (TPSA) is 92.9 Å². The number of hydrogen-bond acceptors (Lipinski definition) is 6. The quantitative estimate of drug-likeness (QED) is 0.574. The summed E-state index contributed by atoms with van der Waals surface area (Å²) in [5.74, 6) is 0.535. The van der Waals surface area contributed by atoms with Gasteiger partial charge in [-0.15, -0.1) is 0 Å². The Hall–Kier alpha value is -3.26. The second-order valence-electron chi connectivity index (χ2n) is 5.38. The average Bonchev–Trinajstić information content (AvgIpc) is 3.22. The molecule has 0 aliphatic carbocycles. The molecule has 0 atom stereocenters. The van der Waals surface area contributed by atoms with Gasteiger partial charge in [0.2, 0.25) is 0 Å². The summed E-state index contributed by atoms with van der Waals surface area (Å²) in [5.41, 5.74) is 4.18. The molecule has 0 bridgehead atoms. The number of carbonyl (C=O) groups is 1. The average molecular weight is 351 g/mol. The van der Waals surface area contributed by atoms with Crippen LogP contribution in [0.4, 0.5) is 16.2 Å². The third-order valence-electron chi connectivity index (χ3n) is 3.66. The van der Waals surface area contributed by atoms with E-state index in [-0.39, 0.29) is 6.03 Å². The maximum Gasteiger partial charge on any atom is 0.323 e. The Bertz CT molecular complexity index is 1040. The molecule has 2 amide bonds. The Balaban J connectivity index is 1.56. The minimum atomic E-state index is -0.383. The molecule has 2 N–H and O–H groups in total. The predicted octanol–water partition coefficient (Wildman–Crippen LogP) is 4.30. The van der Waals surface area contributed by atoms with Gasteiger partial charge in [0.1, 0.15) is 22.4 Å². The van der Waals surface area contributed by atoms with Gasteiger partial charge in [-0.2, -0.15) is 8.75 Å². The van der Waals surface area contributed by atoms with E-state index in [0.717, 1.165) is 28.3 Å². The minimum Gasteiger partial charge on any atom is -0.359 e. The number of hydrogen-bond donors (Lipinski definition) is 2. The molecule has 8 heteroatoms. The van der Waals surface area contributed by atoms with Crippen molar-refractivity contribution in [2.75, 3.05) is 10.6 Å². The van der Waals surface area contributed by atoms with Crippen molar-refractivity contribution in [1.29, 1.82) is 0 Å². The molecule has 4 rings (SSSR count). The van der Waals surface area contributed by atoms with Crippen molar-refractivity contribution in [3.8, 4) is 11.3 Å². The summed E-state index contributed by atoms with van der Waals surface area (Å²) in [5, 5.41) is 9.64. The van der Waals surface area contributed by atoms with Gasteiger partial charge in [-0.25, -0.2) is 4.79 Å². The molecule has 0 aliphatic heterocycles. The fourth-order valence-corrected chi connectivity index (χ4v) is 2.97. The van der Waals surface area contributed by atoms with Crippen molar-refractivity contribution in [2.24, 2.45) is 0 Å². The van der Waals surface area contributed by atoms with E-state index >= 15 is 0 Å². The molecule has 2 aromatic heterocycles. The van der Waals surface area contributed by atoms with Gasteiger partial charge in [0, 0.05) is 11.3 Å². The van der Waals surface area contributed by atoms with E-state index in [9.17, 15) is 4.79 Å². The van der Waals surface area contributed by atoms with Crippen LogP contribution in [0.25, 0.3) is 22.3 Å². The second kappa shape index (κ2) is 6.33. The van der Waals surface area contributed by atoms with Gasteiger partial charge < -0.3 is 15.2 Å². The Morgan fingerprint density at radius 3 is 2.68 bits per heavy atom. The van der Waals surface area contributed by atoms with Crippen LogP contribution in [0.3, 0.4) is 0 Å². The molecule has 0 unspecified atom stereocenters. The van der Waals surface area contributed by atoms with E-state index in [2.05, 4.69) is 24.5 Å². The van der Waals surface area contributed by atoms with Gasteiger partial charge in [0.15, 0.2) is 5.76 Å². The summed E-state index contributed by atoms with van der Waals surface area (Å²) in [6.45, 7) is 1.75. The first-order chi connectivity index (χ1) is 12.2. The lowest BCUT2D eigenvalue weighted by Crippen LogP contribution is -2.20. The maximum absolute atomic E-state index is 12.4. The third kappa shape index (κ3) is 3.07. The molecule has 25 heavy (non-hydrogen) atoms. The summed E-state index contributed by atoms with van der Waals surface area (Å²) in [6, 6.07) is 14.5. The number of aromatic nitrogens is 3. The molecule has 0 saturated carbocycles. The molecule has 124 valence electrons. The number of nitrogens with one attached hydrogen (secondary N) is 2. The number of amides is 2. The Morgan fingerprint density at radius 1 is 1.04 bits per heavy atom. The smallest absolute Gasteiger partial charge is 0.323 e. The number of benzene rings is 2. The summed E-state index contributed by atoms with van der Waals surface area (Å²) >= 11 is 1.14. The standard InChI is InChI=1S/C17H13N5O2S/c1-10-15(16(20-24-10)11-5-3-2-4-6-11)19-17(23)18-12-7-8-13-14(9-12)22-25-21-13/h2-9H,1H3,(H2,18,19,23). The lowest BCUT2D eigenvalue weighted by molar-refractivity contribution is 0.262. The van der Waals surface area contributed by atoms with Crippen LogP contribution in [-0.2, 0) is 0 Å². The zero-order valence-corrected chi connectivity index (χ0v) is 14.0. The van der Waals surface area contributed by atoms with E-state index in [0.29, 0.717) is 22.8 Å². The maximum atomic E-state index is 12.4. The SMILES string of the molecule is Cc1onc(-c2ccccc2)c1NC(=O)Nc1ccc2nsnc2c1. The fraction of sp³-hybridized carbons (Fsp3) is 0.0588. The largest absolute Gasteiger partial charge is 0.359 e. The fourth-order valence-electron chi connectivity index (χ4n) is 2.45. The number of rotatable bonds is 3. The molecule has 4 aromatic rings. The van der Waals surface area contributed by atoms with Crippen LogP contribution in [0.2, 0.25) is 0 Å². The number of aryl methyl sites for hydroxylation is 1. The van der Waals surface area contributed by atoms with Crippen molar-refractivity contribution < 1.29 is 9.32 Å². The zero-order valence-electron chi connectivity index (χ0n) is 13.2. The Morgan fingerprint density at radius 2 is 1.84 bits per heavy atom. The van der Waals surface area contributed by atoms with Gasteiger partial charge in [-0.3, -0.25) is 0 Å². The van der Waals surface area contributed by atoms with E-state index in [1.807, 2.05) is 36.4 Å². The predicted molar refractivity (Wildman–Crippen MR) is 96.7 cm³/mol. The monoisotopic (exact) mass is 351 g/mol. The van der Waals surface area contributed by atoms with E-state index < -0.39 is 0 Å². The number of urea groups is 1. The highest BCUT2D eigenvalue weighted by atomic mass is 32.1. The van der Waals surface area contributed by atoms with Crippen LogP contribution < -0.4 is 10.6 Å². The van der Waals surface area contributed by atoms with Crippen LogP contribution in [0, 0.1) is 6.92 Å². The van der Waals surface area contributed by atoms with Gasteiger partial charge >= 0.3 is 6.03 Å². The first kappa shape index (κ1) is 15.3. The van der Waals surface area contributed by atoms with Gasteiger partial charge in [-0.1, -0.05) is 35.5 Å². The highest BCUT2D eigenvalue weighted by molar-refractivity contribution is 7.00. The molecular weight excluding hydrogens is 338 g/mol. The van der Waals surface area contributed by atoms with Crippen LogP contribution in [0.15, 0.2) is 53.1 Å². The Kier molecular flexibility index (Phi) is 3.87. The van der Waals surface area contributed by atoms with Crippen molar-refractivity contribution in [3.05, 3.63) is 54.3 Å². The van der Waals surface area contributed by atoms with E-state index in [4.69, 9.17) is 4.52 Å². The summed E-state index contributed by atoms with van der Waals surface area (Å²) < 4.78 is 13.5. The van der Waals surface area contributed by atoms with Crippen molar-refractivity contribution in [3.63, 3.8) is 0 Å². The molecule has 2 aromatic carbocycles. The molecule has 0 spiro atoms. The van der Waals surface area contributed by atoms with Crippen molar-refractivity contribution in [1.82, 2.24) is 13.9 Å².